The first kappa shape index (κ1) is 26.4. The molecule has 0 radical (unpaired) electrons. The van der Waals surface area contributed by atoms with E-state index in [1.165, 1.54) is 24.9 Å². The van der Waals surface area contributed by atoms with E-state index in [0.29, 0.717) is 28.6 Å². The minimum Gasteiger partial charge on any atom is -0.323 e. The summed E-state index contributed by atoms with van der Waals surface area (Å²) in [7, 11) is -0.833. The molecule has 4 aromatic rings. The average molecular weight is 557 g/mol. The number of carbonyl (C=O) groups is 1. The quantitative estimate of drug-likeness (QED) is 0.306. The third-order valence-electron chi connectivity index (χ3n) is 6.45. The number of nitrogens with one attached hydrogen (secondary N) is 2. The number of benzene rings is 1. The number of nitrogens with zero attached hydrogens (tertiary/aromatic N) is 6. The molecule has 1 fully saturated rings. The Bertz CT molecular complexity index is 1700. The van der Waals surface area contributed by atoms with Crippen molar-refractivity contribution < 1.29 is 22.0 Å². The van der Waals surface area contributed by atoms with Crippen molar-refractivity contribution in [3.05, 3.63) is 53.0 Å². The molecule has 0 bridgehead atoms. The number of hydrogen-bond acceptors (Lipinski definition) is 9. The van der Waals surface area contributed by atoms with Crippen LogP contribution in [-0.2, 0) is 16.9 Å². The van der Waals surface area contributed by atoms with Gasteiger partial charge in [0.05, 0.1) is 16.8 Å². The number of halogens is 2. The van der Waals surface area contributed by atoms with Crippen LogP contribution in [0, 0.1) is 18.6 Å². The number of aromatic amines is 1. The zero-order chi connectivity index (χ0) is 28.2. The first-order valence-electron chi connectivity index (χ1n) is 12.0. The van der Waals surface area contributed by atoms with Crippen LogP contribution in [0.1, 0.15) is 47.4 Å². The molecule has 0 aliphatic heterocycles. The summed E-state index contributed by atoms with van der Waals surface area (Å²) in [6, 6.07) is 3.28. The molecule has 0 saturated heterocycles. The number of H-pyrrole nitrogens is 1. The van der Waals surface area contributed by atoms with E-state index in [1.807, 2.05) is 6.92 Å². The van der Waals surface area contributed by atoms with E-state index in [0.717, 1.165) is 47.4 Å². The second-order valence-corrected chi connectivity index (χ2v) is 11.6. The molecule has 2 N–H and O–H groups in total. The van der Waals surface area contributed by atoms with Crippen molar-refractivity contribution in [1.82, 2.24) is 29.9 Å². The summed E-state index contributed by atoms with van der Waals surface area (Å²) in [5, 5.41) is 14.5. The van der Waals surface area contributed by atoms with E-state index < -0.39 is 32.1 Å². The molecule has 1 saturated carbocycles. The topological polar surface area (TPSA) is 139 Å². The minimum atomic E-state index is -3.85. The molecule has 3 aromatic heterocycles. The van der Waals surface area contributed by atoms with E-state index in [-0.39, 0.29) is 17.6 Å². The number of anilines is 4. The first-order valence-corrected chi connectivity index (χ1v) is 13.9. The molecule has 0 spiro atoms. The molecule has 3 heterocycles. The van der Waals surface area contributed by atoms with E-state index in [9.17, 15) is 13.2 Å². The molecule has 0 unspecified atom stereocenters. The Morgan fingerprint density at radius 1 is 1.18 bits per heavy atom. The van der Waals surface area contributed by atoms with Crippen LogP contribution in [0.3, 0.4) is 0 Å². The highest BCUT2D eigenvalue weighted by molar-refractivity contribution is 7.90. The van der Waals surface area contributed by atoms with Gasteiger partial charge in [-0.25, -0.2) is 22.2 Å². The maximum absolute atomic E-state index is 15.2. The van der Waals surface area contributed by atoms with Gasteiger partial charge in [-0.15, -0.1) is 0 Å². The van der Waals surface area contributed by atoms with E-state index in [2.05, 4.69) is 30.6 Å². The predicted octanol–water partition coefficient (Wildman–Crippen LogP) is 4.18. The van der Waals surface area contributed by atoms with Gasteiger partial charge >= 0.3 is 0 Å². The van der Waals surface area contributed by atoms with Crippen molar-refractivity contribution in [1.29, 1.82) is 0 Å². The fourth-order valence-electron chi connectivity index (χ4n) is 4.48. The number of sulfone groups is 1. The van der Waals surface area contributed by atoms with Gasteiger partial charge in [-0.2, -0.15) is 15.2 Å². The molecule has 0 amide bonds. The second kappa shape index (κ2) is 9.52. The summed E-state index contributed by atoms with van der Waals surface area (Å²) in [4.78, 5) is 22.5. The summed E-state index contributed by atoms with van der Waals surface area (Å²) in [6.07, 6.45) is 4.13. The second-order valence-electron chi connectivity index (χ2n) is 9.62. The highest BCUT2D eigenvalue weighted by atomic mass is 32.2. The van der Waals surface area contributed by atoms with Crippen molar-refractivity contribution in [3.63, 3.8) is 0 Å². The van der Waals surface area contributed by atoms with Crippen LogP contribution in [0.25, 0.3) is 11.3 Å². The third kappa shape index (κ3) is 4.99. The van der Waals surface area contributed by atoms with Crippen molar-refractivity contribution in [2.24, 2.45) is 7.05 Å². The predicted molar refractivity (Wildman–Crippen MR) is 140 cm³/mol. The molecule has 14 heteroatoms. The Morgan fingerprint density at radius 2 is 1.85 bits per heavy atom. The summed E-state index contributed by atoms with van der Waals surface area (Å²) in [5.74, 6) is -1.60. The van der Waals surface area contributed by atoms with Crippen LogP contribution < -0.4 is 10.2 Å². The molecule has 5 rings (SSSR count). The molecule has 1 aliphatic carbocycles. The van der Waals surface area contributed by atoms with Gasteiger partial charge in [0.2, 0.25) is 5.95 Å². The fraction of sp³-hybridized carbons (Fsp3) is 0.320. The molecule has 39 heavy (non-hydrogen) atoms. The largest absolute Gasteiger partial charge is 0.323 e. The molecule has 1 aromatic carbocycles. The highest BCUT2D eigenvalue weighted by Gasteiger charge is 2.34. The minimum absolute atomic E-state index is 0.0874. The molecular formula is C25H26F2N8O3S. The Morgan fingerprint density at radius 3 is 2.38 bits per heavy atom. The molecule has 0 atom stereocenters. The maximum Gasteiger partial charge on any atom is 0.232 e. The number of aromatic nitrogens is 6. The van der Waals surface area contributed by atoms with Crippen LogP contribution in [0.2, 0.25) is 0 Å². The number of carbonyl (C=O) groups excluding carboxylic acids is 1. The number of ketones is 1. The average Bonchev–Trinajstić information content (AvgIpc) is 3.48. The monoisotopic (exact) mass is 556 g/mol. The van der Waals surface area contributed by atoms with Crippen LogP contribution in [0.5, 0.6) is 0 Å². The summed E-state index contributed by atoms with van der Waals surface area (Å²) >= 11 is 0. The molecular weight excluding hydrogens is 530 g/mol. The van der Waals surface area contributed by atoms with E-state index >= 15 is 8.78 Å². The Hall–Kier alpha value is -4.20. The van der Waals surface area contributed by atoms with Crippen LogP contribution >= 0.6 is 0 Å². The summed E-state index contributed by atoms with van der Waals surface area (Å²) < 4.78 is 55.5. The molecule has 1 aliphatic rings. The van der Waals surface area contributed by atoms with Gasteiger partial charge in [-0.05, 0) is 37.8 Å². The number of Topliss-reactive ketones (excluding diaryl/α,β-unsaturated/α-hetero) is 1. The highest BCUT2D eigenvalue weighted by Crippen LogP contribution is 2.48. The summed E-state index contributed by atoms with van der Waals surface area (Å²) in [5.41, 5.74) is 2.18. The van der Waals surface area contributed by atoms with Gasteiger partial charge in [0, 0.05) is 50.2 Å². The van der Waals surface area contributed by atoms with Crippen LogP contribution in [0.4, 0.5) is 32.1 Å². The van der Waals surface area contributed by atoms with Gasteiger partial charge in [0.15, 0.2) is 33.1 Å². The standard InChI is InChI=1S/C25H26F2N8O3S/c1-12-8-19(33-32-12)29-24-20(14-6-7-14)21(16-11-28-35(4)22(16)13(2)36)30-25(31-24)34(3)23-17(26)9-15(10-18(23)27)39(5,37)38/h8-11,14H,6-7H2,1-5H3,(H2,29,30,31,32,33). The van der Waals surface area contributed by atoms with Gasteiger partial charge in [0.25, 0.3) is 0 Å². The fourth-order valence-corrected chi connectivity index (χ4v) is 5.11. The number of rotatable bonds is 8. The lowest BCUT2D eigenvalue weighted by atomic mass is 10.0. The zero-order valence-corrected chi connectivity index (χ0v) is 22.7. The smallest absolute Gasteiger partial charge is 0.232 e. The van der Waals surface area contributed by atoms with Gasteiger partial charge in [-0.1, -0.05) is 0 Å². The van der Waals surface area contributed by atoms with Crippen molar-refractivity contribution in [2.45, 2.75) is 37.5 Å². The van der Waals surface area contributed by atoms with Crippen molar-refractivity contribution in [3.8, 4) is 11.3 Å². The lowest BCUT2D eigenvalue weighted by Gasteiger charge is -2.22. The lowest BCUT2D eigenvalue weighted by Crippen LogP contribution is -2.19. The number of hydrogen-bond donors (Lipinski definition) is 2. The van der Waals surface area contributed by atoms with Crippen molar-refractivity contribution in [2.75, 3.05) is 23.5 Å². The number of aryl methyl sites for hydroxylation is 2. The van der Waals surface area contributed by atoms with Gasteiger partial charge < -0.3 is 10.2 Å². The lowest BCUT2D eigenvalue weighted by molar-refractivity contribution is 0.100. The van der Waals surface area contributed by atoms with Crippen LogP contribution in [-0.4, -0.2) is 57.5 Å². The maximum atomic E-state index is 15.2. The summed E-state index contributed by atoms with van der Waals surface area (Å²) in [6.45, 7) is 3.26. The van der Waals surface area contributed by atoms with E-state index in [4.69, 9.17) is 0 Å². The SMILES string of the molecule is CC(=O)c1c(-c2nc(N(C)c3c(F)cc(S(C)(=O)=O)cc3F)nc(Nc3cc(C)[nH]n3)c2C2CC2)cnn1C. The normalized spacial score (nSPS) is 13.5. The Balaban J connectivity index is 1.74. The van der Waals surface area contributed by atoms with E-state index in [1.54, 1.807) is 13.1 Å². The van der Waals surface area contributed by atoms with Gasteiger partial charge in [0.1, 0.15) is 17.2 Å². The van der Waals surface area contributed by atoms with Crippen molar-refractivity contribution >= 4 is 38.9 Å². The molecule has 204 valence electrons. The Labute approximate surface area is 223 Å². The third-order valence-corrected chi connectivity index (χ3v) is 7.55. The van der Waals surface area contributed by atoms with Gasteiger partial charge in [-0.3, -0.25) is 14.6 Å². The van der Waals surface area contributed by atoms with Crippen LogP contribution in [0.15, 0.2) is 29.3 Å². The first-order chi connectivity index (χ1) is 18.3. The Kier molecular flexibility index (Phi) is 6.45. The zero-order valence-electron chi connectivity index (χ0n) is 21.9. The molecule has 11 nitrogen and oxygen atoms in total.